The summed E-state index contributed by atoms with van der Waals surface area (Å²) in [7, 11) is 0. The number of primary amides is 1. The molecule has 0 heterocycles. The van der Waals surface area contributed by atoms with Crippen LogP contribution in [-0.4, -0.2) is 5.91 Å². The van der Waals surface area contributed by atoms with Crippen molar-refractivity contribution in [1.82, 2.24) is 0 Å². The van der Waals surface area contributed by atoms with Crippen LogP contribution in [0.1, 0.15) is 15.9 Å². The molecule has 0 spiro atoms. The predicted octanol–water partition coefficient (Wildman–Crippen LogP) is 3.33. The Labute approximate surface area is 119 Å². The summed E-state index contributed by atoms with van der Waals surface area (Å²) in [4.78, 5) is 11.1. The van der Waals surface area contributed by atoms with E-state index < -0.39 is 17.5 Å². The quantitative estimate of drug-likeness (QED) is 0.909. The van der Waals surface area contributed by atoms with E-state index in [-0.39, 0.29) is 17.7 Å². The Morgan fingerprint density at radius 1 is 1.20 bits per heavy atom. The number of hydrogen-bond acceptors (Lipinski definition) is 2. The van der Waals surface area contributed by atoms with E-state index in [2.05, 4.69) is 5.32 Å². The first kappa shape index (κ1) is 14.3. The molecule has 20 heavy (non-hydrogen) atoms. The van der Waals surface area contributed by atoms with Gasteiger partial charge in [0.2, 0.25) is 5.91 Å². The lowest BCUT2D eigenvalue weighted by Crippen LogP contribution is -2.12. The molecular weight excluding hydrogens is 286 g/mol. The van der Waals surface area contributed by atoms with Crippen LogP contribution in [0.15, 0.2) is 36.4 Å². The van der Waals surface area contributed by atoms with Gasteiger partial charge in [-0.2, -0.15) is 0 Å². The van der Waals surface area contributed by atoms with Crippen LogP contribution in [0.5, 0.6) is 0 Å². The van der Waals surface area contributed by atoms with Crippen LogP contribution < -0.4 is 11.1 Å². The summed E-state index contributed by atoms with van der Waals surface area (Å²) in [5, 5.41) is 3.11. The zero-order valence-electron chi connectivity index (χ0n) is 10.3. The maximum Gasteiger partial charge on any atom is 0.248 e. The van der Waals surface area contributed by atoms with E-state index in [9.17, 15) is 13.6 Å². The lowest BCUT2D eigenvalue weighted by Gasteiger charge is -2.11. The Morgan fingerprint density at radius 3 is 2.45 bits per heavy atom. The largest absolute Gasteiger partial charge is 0.380 e. The fourth-order valence-corrected chi connectivity index (χ4v) is 1.88. The van der Waals surface area contributed by atoms with Gasteiger partial charge in [0.15, 0.2) is 0 Å². The number of halogens is 3. The minimum absolute atomic E-state index is 0.0968. The van der Waals surface area contributed by atoms with Crippen LogP contribution in [0.2, 0.25) is 5.02 Å². The molecule has 0 aliphatic carbocycles. The molecular formula is C14H11ClF2N2O. The summed E-state index contributed by atoms with van der Waals surface area (Å²) in [5.41, 5.74) is 5.69. The van der Waals surface area contributed by atoms with Gasteiger partial charge in [-0.3, -0.25) is 4.79 Å². The molecule has 3 N–H and O–H groups in total. The maximum absolute atomic E-state index is 13.5. The minimum Gasteiger partial charge on any atom is -0.380 e. The number of carbonyl (C=O) groups excluding carboxylic acids is 1. The summed E-state index contributed by atoms with van der Waals surface area (Å²) in [6.07, 6.45) is 0. The summed E-state index contributed by atoms with van der Waals surface area (Å²) < 4.78 is 26.9. The van der Waals surface area contributed by atoms with Crippen molar-refractivity contribution in [2.45, 2.75) is 6.54 Å². The summed E-state index contributed by atoms with van der Waals surface area (Å²) in [6.45, 7) is -0.0968. The van der Waals surface area contributed by atoms with Crippen LogP contribution in [0.25, 0.3) is 0 Å². The third-order valence-electron chi connectivity index (χ3n) is 2.77. The molecule has 0 fully saturated rings. The average molecular weight is 297 g/mol. The fraction of sp³-hybridized carbons (Fsp3) is 0.0714. The van der Waals surface area contributed by atoms with E-state index in [0.29, 0.717) is 10.7 Å². The molecule has 0 saturated heterocycles. The number of rotatable bonds is 4. The third kappa shape index (κ3) is 3.05. The molecule has 0 bridgehead atoms. The molecule has 0 saturated carbocycles. The normalized spacial score (nSPS) is 10.3. The van der Waals surface area contributed by atoms with Crippen LogP contribution >= 0.6 is 11.6 Å². The molecule has 2 rings (SSSR count). The monoisotopic (exact) mass is 296 g/mol. The smallest absolute Gasteiger partial charge is 0.248 e. The van der Waals surface area contributed by atoms with Gasteiger partial charge in [-0.05, 0) is 30.3 Å². The fourth-order valence-electron chi connectivity index (χ4n) is 1.70. The van der Waals surface area contributed by atoms with Gasteiger partial charge < -0.3 is 11.1 Å². The number of benzene rings is 2. The second-order valence-corrected chi connectivity index (χ2v) is 4.52. The zero-order chi connectivity index (χ0) is 14.7. The average Bonchev–Trinajstić information content (AvgIpc) is 2.39. The first-order valence-corrected chi connectivity index (χ1v) is 6.13. The molecule has 3 nitrogen and oxygen atoms in total. The second-order valence-electron chi connectivity index (χ2n) is 4.11. The zero-order valence-corrected chi connectivity index (χ0v) is 11.0. The second kappa shape index (κ2) is 5.88. The van der Waals surface area contributed by atoms with E-state index in [1.165, 1.54) is 36.4 Å². The Balaban J connectivity index is 2.23. The molecule has 0 radical (unpaired) electrons. The first-order chi connectivity index (χ1) is 9.49. The number of nitrogens with two attached hydrogens (primary N) is 1. The molecule has 0 aromatic heterocycles. The van der Waals surface area contributed by atoms with Crippen molar-refractivity contribution in [2.75, 3.05) is 5.32 Å². The van der Waals surface area contributed by atoms with E-state index in [0.717, 1.165) is 0 Å². The number of carbonyl (C=O) groups is 1. The van der Waals surface area contributed by atoms with E-state index in [4.69, 9.17) is 17.3 Å². The standard InChI is InChI=1S/C14H11ClF2N2O/c15-10-5-4-8(14(18)20)6-13(10)19-7-9-11(16)2-1-3-12(9)17/h1-6,19H,7H2,(H2,18,20). The summed E-state index contributed by atoms with van der Waals surface area (Å²) in [6, 6.07) is 8.02. The molecule has 1 amide bonds. The van der Waals surface area contributed by atoms with Crippen molar-refractivity contribution < 1.29 is 13.6 Å². The summed E-state index contributed by atoms with van der Waals surface area (Å²) >= 11 is 5.94. The van der Waals surface area contributed by atoms with Crippen molar-refractivity contribution in [3.8, 4) is 0 Å². The Kier molecular flexibility index (Phi) is 4.20. The van der Waals surface area contributed by atoms with Gasteiger partial charge >= 0.3 is 0 Å². The van der Waals surface area contributed by atoms with Crippen molar-refractivity contribution in [2.24, 2.45) is 5.73 Å². The summed E-state index contributed by atoms with van der Waals surface area (Å²) in [5.74, 6) is -1.92. The number of nitrogens with one attached hydrogen (secondary N) is 1. The van der Waals surface area contributed by atoms with Gasteiger partial charge in [0, 0.05) is 17.7 Å². The lowest BCUT2D eigenvalue weighted by molar-refractivity contribution is 0.100. The molecule has 0 unspecified atom stereocenters. The van der Waals surface area contributed by atoms with Gasteiger partial charge in [0.25, 0.3) is 0 Å². The molecule has 0 aliphatic rings. The highest BCUT2D eigenvalue weighted by atomic mass is 35.5. The van der Waals surface area contributed by atoms with Crippen molar-refractivity contribution >= 4 is 23.2 Å². The van der Waals surface area contributed by atoms with Gasteiger partial charge in [-0.1, -0.05) is 17.7 Å². The molecule has 6 heteroatoms. The minimum atomic E-state index is -0.653. The lowest BCUT2D eigenvalue weighted by atomic mass is 10.1. The predicted molar refractivity (Wildman–Crippen MR) is 73.7 cm³/mol. The Morgan fingerprint density at radius 2 is 1.85 bits per heavy atom. The highest BCUT2D eigenvalue weighted by molar-refractivity contribution is 6.33. The third-order valence-corrected chi connectivity index (χ3v) is 3.10. The molecule has 104 valence electrons. The van der Waals surface area contributed by atoms with E-state index in [1.54, 1.807) is 0 Å². The van der Waals surface area contributed by atoms with Crippen LogP contribution in [0, 0.1) is 11.6 Å². The van der Waals surface area contributed by atoms with Gasteiger partial charge in [0.1, 0.15) is 11.6 Å². The van der Waals surface area contributed by atoms with Crippen molar-refractivity contribution in [3.05, 3.63) is 64.2 Å². The highest BCUT2D eigenvalue weighted by Crippen LogP contribution is 2.24. The number of amides is 1. The Bertz CT molecular complexity index is 641. The number of hydrogen-bond donors (Lipinski definition) is 2. The maximum atomic E-state index is 13.5. The first-order valence-electron chi connectivity index (χ1n) is 5.75. The molecule has 2 aromatic carbocycles. The van der Waals surface area contributed by atoms with Crippen molar-refractivity contribution in [3.63, 3.8) is 0 Å². The number of anilines is 1. The topological polar surface area (TPSA) is 55.1 Å². The van der Waals surface area contributed by atoms with Crippen molar-refractivity contribution in [1.29, 1.82) is 0 Å². The molecule has 2 aromatic rings. The SMILES string of the molecule is NC(=O)c1ccc(Cl)c(NCc2c(F)cccc2F)c1. The highest BCUT2D eigenvalue weighted by Gasteiger charge is 2.10. The van der Waals surface area contributed by atoms with Crippen LogP contribution in [0.4, 0.5) is 14.5 Å². The van der Waals surface area contributed by atoms with E-state index >= 15 is 0 Å². The van der Waals surface area contributed by atoms with Gasteiger partial charge in [-0.15, -0.1) is 0 Å². The molecule has 0 aliphatic heterocycles. The van der Waals surface area contributed by atoms with Crippen LogP contribution in [-0.2, 0) is 6.54 Å². The molecule has 0 atom stereocenters. The van der Waals surface area contributed by atoms with E-state index in [1.807, 2.05) is 0 Å². The Hall–Kier alpha value is -2.14. The van der Waals surface area contributed by atoms with Crippen LogP contribution in [0.3, 0.4) is 0 Å². The van der Waals surface area contributed by atoms with Gasteiger partial charge in [0.05, 0.1) is 10.7 Å². The van der Waals surface area contributed by atoms with Gasteiger partial charge in [-0.25, -0.2) is 8.78 Å².